The number of aromatic nitrogens is 1. The van der Waals surface area contributed by atoms with Gasteiger partial charge in [-0.3, -0.25) is 9.59 Å². The maximum absolute atomic E-state index is 13.3. The van der Waals surface area contributed by atoms with E-state index in [0.29, 0.717) is 23.5 Å². The second-order valence-electron chi connectivity index (χ2n) is 8.42. The van der Waals surface area contributed by atoms with Gasteiger partial charge in [0, 0.05) is 17.8 Å². The van der Waals surface area contributed by atoms with Crippen molar-refractivity contribution in [1.29, 1.82) is 0 Å². The number of nitrogens with zero attached hydrogens (tertiary/aromatic N) is 2. The van der Waals surface area contributed by atoms with Crippen LogP contribution in [0.15, 0.2) is 35.7 Å². The van der Waals surface area contributed by atoms with E-state index in [1.165, 1.54) is 36.2 Å². The van der Waals surface area contributed by atoms with Gasteiger partial charge in [-0.15, -0.1) is 11.3 Å². The van der Waals surface area contributed by atoms with E-state index in [1.54, 1.807) is 0 Å². The molecule has 1 aromatic heterocycles. The molecule has 5 nitrogen and oxygen atoms in total. The third kappa shape index (κ3) is 5.24. The summed E-state index contributed by atoms with van der Waals surface area (Å²) in [5, 5.41) is 5.38. The topological polar surface area (TPSA) is 62.3 Å². The molecule has 0 spiro atoms. The number of anilines is 1. The van der Waals surface area contributed by atoms with Crippen LogP contribution in [0.1, 0.15) is 55.7 Å². The Balaban J connectivity index is 1.41. The predicted octanol–water partition coefficient (Wildman–Crippen LogP) is 4.60. The molecule has 29 heavy (non-hydrogen) atoms. The molecule has 0 bridgehead atoms. The van der Waals surface area contributed by atoms with Crippen molar-refractivity contribution in [3.05, 3.63) is 47.0 Å². The second-order valence-corrected chi connectivity index (χ2v) is 9.28. The van der Waals surface area contributed by atoms with E-state index < -0.39 is 0 Å². The quantitative estimate of drug-likeness (QED) is 0.724. The summed E-state index contributed by atoms with van der Waals surface area (Å²) in [5.74, 6) is 0.796. The summed E-state index contributed by atoms with van der Waals surface area (Å²) in [5.41, 5.74) is 2.12. The van der Waals surface area contributed by atoms with Crippen molar-refractivity contribution >= 4 is 28.3 Å². The average Bonchev–Trinajstić information content (AvgIpc) is 3.44. The van der Waals surface area contributed by atoms with Crippen LogP contribution in [0.4, 0.5) is 5.13 Å². The number of nitrogens with one attached hydrogen (secondary N) is 1. The van der Waals surface area contributed by atoms with Crippen molar-refractivity contribution in [3.8, 4) is 0 Å². The van der Waals surface area contributed by atoms with Gasteiger partial charge in [0.1, 0.15) is 0 Å². The van der Waals surface area contributed by atoms with Crippen LogP contribution in [-0.2, 0) is 9.59 Å². The van der Waals surface area contributed by atoms with Crippen LogP contribution in [0, 0.1) is 18.8 Å². The average molecular weight is 412 g/mol. The molecule has 0 radical (unpaired) electrons. The Morgan fingerprint density at radius 2 is 1.93 bits per heavy atom. The van der Waals surface area contributed by atoms with Crippen molar-refractivity contribution in [3.63, 3.8) is 0 Å². The number of hydrogen-bond donors (Lipinski definition) is 1. The molecule has 2 amide bonds. The first kappa shape index (κ1) is 20.1. The first-order chi connectivity index (χ1) is 14.1. The zero-order valence-electron chi connectivity index (χ0n) is 17.0. The minimum absolute atomic E-state index is 0.0101. The van der Waals surface area contributed by atoms with Crippen LogP contribution >= 0.6 is 11.3 Å². The molecule has 1 N–H and O–H groups in total. The highest BCUT2D eigenvalue weighted by molar-refractivity contribution is 7.13. The molecular formula is C23H29N3O2S. The molecule has 2 atom stereocenters. The molecule has 2 saturated carbocycles. The Labute approximate surface area is 176 Å². The molecule has 2 aromatic rings. The van der Waals surface area contributed by atoms with Gasteiger partial charge in [0.25, 0.3) is 0 Å². The third-order valence-electron chi connectivity index (χ3n) is 6.05. The fourth-order valence-electron chi connectivity index (χ4n) is 4.43. The van der Waals surface area contributed by atoms with Crippen LogP contribution in [-0.4, -0.2) is 34.8 Å². The summed E-state index contributed by atoms with van der Waals surface area (Å²) in [6, 6.07) is 10.3. The van der Waals surface area contributed by atoms with Crippen molar-refractivity contribution in [2.75, 3.05) is 18.4 Å². The van der Waals surface area contributed by atoms with Gasteiger partial charge in [-0.05, 0) is 43.6 Å². The van der Waals surface area contributed by atoms with Crippen LogP contribution in [0.2, 0.25) is 0 Å². The molecule has 1 heterocycles. The van der Waals surface area contributed by atoms with Crippen molar-refractivity contribution in [2.24, 2.45) is 11.8 Å². The summed E-state index contributed by atoms with van der Waals surface area (Å²) < 4.78 is 0. The Morgan fingerprint density at radius 1 is 1.17 bits per heavy atom. The lowest BCUT2D eigenvalue weighted by molar-refractivity contribution is -0.136. The van der Waals surface area contributed by atoms with Gasteiger partial charge in [-0.2, -0.15) is 0 Å². The summed E-state index contributed by atoms with van der Waals surface area (Å²) in [6.45, 7) is 2.72. The van der Waals surface area contributed by atoms with E-state index in [4.69, 9.17) is 0 Å². The van der Waals surface area contributed by atoms with E-state index >= 15 is 0 Å². The molecule has 0 aliphatic heterocycles. The van der Waals surface area contributed by atoms with Gasteiger partial charge in [0.05, 0.1) is 12.2 Å². The lowest BCUT2D eigenvalue weighted by atomic mass is 9.89. The number of carbonyl (C=O) groups excluding carboxylic acids is 2. The van der Waals surface area contributed by atoms with E-state index in [9.17, 15) is 9.59 Å². The number of benzene rings is 1. The van der Waals surface area contributed by atoms with Gasteiger partial charge in [0.15, 0.2) is 5.13 Å². The Morgan fingerprint density at radius 3 is 2.62 bits per heavy atom. The molecule has 0 unspecified atom stereocenters. The molecule has 0 saturated heterocycles. The Kier molecular flexibility index (Phi) is 6.28. The molecule has 154 valence electrons. The monoisotopic (exact) mass is 411 g/mol. The minimum atomic E-state index is -0.152. The van der Waals surface area contributed by atoms with E-state index in [-0.39, 0.29) is 24.3 Å². The molecule has 2 aliphatic rings. The standard InChI is InChI=1S/C23H29N3O2S/c1-16-15-29-23(24-16)25-21(27)14-26(13-17-8-4-2-5-9-17)22(28)20-12-19(20)18-10-6-3-7-11-18/h3,6-7,10-11,15,17,19-20H,2,4-5,8-9,12-14H2,1H3,(H,24,25,27)/t19-,20+/m0/s1. The summed E-state index contributed by atoms with van der Waals surface area (Å²) in [7, 11) is 0. The molecule has 4 rings (SSSR count). The lowest BCUT2D eigenvalue weighted by Crippen LogP contribution is -2.42. The summed E-state index contributed by atoms with van der Waals surface area (Å²) >= 11 is 1.42. The van der Waals surface area contributed by atoms with Gasteiger partial charge >= 0.3 is 0 Å². The largest absolute Gasteiger partial charge is 0.333 e. The number of aryl methyl sites for hydroxylation is 1. The highest BCUT2D eigenvalue weighted by Gasteiger charge is 2.46. The van der Waals surface area contributed by atoms with Crippen LogP contribution in [0.25, 0.3) is 0 Å². The smallest absolute Gasteiger partial charge is 0.245 e. The molecule has 2 fully saturated rings. The fraction of sp³-hybridized carbons (Fsp3) is 0.522. The molecule has 2 aliphatic carbocycles. The van der Waals surface area contributed by atoms with Crippen LogP contribution in [0.5, 0.6) is 0 Å². The fourth-order valence-corrected chi connectivity index (χ4v) is 5.13. The molecule has 6 heteroatoms. The number of hydrogen-bond acceptors (Lipinski definition) is 4. The second kappa shape index (κ2) is 9.08. The van der Waals surface area contributed by atoms with E-state index in [2.05, 4.69) is 22.4 Å². The van der Waals surface area contributed by atoms with Gasteiger partial charge < -0.3 is 10.2 Å². The van der Waals surface area contributed by atoms with Crippen molar-refractivity contribution in [2.45, 2.75) is 51.4 Å². The van der Waals surface area contributed by atoms with E-state index in [0.717, 1.165) is 25.0 Å². The van der Waals surface area contributed by atoms with Crippen LogP contribution < -0.4 is 5.32 Å². The third-order valence-corrected chi connectivity index (χ3v) is 6.93. The SMILES string of the molecule is Cc1csc(NC(=O)CN(CC2CCCCC2)C(=O)[C@@H]2C[C@H]2c2ccccc2)n1. The van der Waals surface area contributed by atoms with Gasteiger partial charge in [-0.1, -0.05) is 49.6 Å². The number of thiazole rings is 1. The molecule has 1 aromatic carbocycles. The number of amides is 2. The lowest BCUT2D eigenvalue weighted by Gasteiger charge is -2.29. The highest BCUT2D eigenvalue weighted by atomic mass is 32.1. The minimum Gasteiger partial charge on any atom is -0.333 e. The Hall–Kier alpha value is -2.21. The van der Waals surface area contributed by atoms with E-state index in [1.807, 2.05) is 35.4 Å². The van der Waals surface area contributed by atoms with Crippen LogP contribution in [0.3, 0.4) is 0 Å². The first-order valence-corrected chi connectivity index (χ1v) is 11.5. The zero-order valence-corrected chi connectivity index (χ0v) is 17.8. The molecular weight excluding hydrogens is 382 g/mol. The van der Waals surface area contributed by atoms with Gasteiger partial charge in [-0.25, -0.2) is 4.98 Å². The summed E-state index contributed by atoms with van der Waals surface area (Å²) in [4.78, 5) is 32.0. The summed E-state index contributed by atoms with van der Waals surface area (Å²) in [6.07, 6.45) is 6.94. The maximum Gasteiger partial charge on any atom is 0.245 e. The number of carbonyl (C=O) groups is 2. The van der Waals surface area contributed by atoms with Crippen molar-refractivity contribution < 1.29 is 9.59 Å². The Bertz CT molecular complexity index is 845. The zero-order chi connectivity index (χ0) is 20.2. The highest BCUT2D eigenvalue weighted by Crippen LogP contribution is 2.48. The van der Waals surface area contributed by atoms with Gasteiger partial charge in [0.2, 0.25) is 11.8 Å². The van der Waals surface area contributed by atoms with Crippen molar-refractivity contribution in [1.82, 2.24) is 9.88 Å². The predicted molar refractivity (Wildman–Crippen MR) is 116 cm³/mol. The normalized spacial score (nSPS) is 21.6. The number of rotatable bonds is 7. The first-order valence-electron chi connectivity index (χ1n) is 10.7. The maximum atomic E-state index is 13.3.